The maximum atomic E-state index is 13.1. The molecule has 0 aliphatic carbocycles. The molecular weight excluding hydrogens is 436 g/mol. The number of rotatable bonds is 9. The zero-order valence-corrected chi connectivity index (χ0v) is 19.5. The lowest BCUT2D eigenvalue weighted by molar-refractivity contribution is 0.0996. The van der Waals surface area contributed by atoms with Gasteiger partial charge in [-0.05, 0) is 56.3 Å². The molecule has 3 aromatic carbocycles. The maximum Gasteiger partial charge on any atom is 0.279 e. The van der Waals surface area contributed by atoms with E-state index in [2.05, 4.69) is 4.99 Å². The van der Waals surface area contributed by atoms with Crippen molar-refractivity contribution < 1.29 is 19.0 Å². The molecule has 0 aliphatic heterocycles. The quantitative estimate of drug-likeness (QED) is 0.301. The van der Waals surface area contributed by atoms with Crippen molar-refractivity contribution in [1.29, 1.82) is 0 Å². The van der Waals surface area contributed by atoms with E-state index in [-0.39, 0.29) is 5.91 Å². The van der Waals surface area contributed by atoms with Gasteiger partial charge in [0.15, 0.2) is 4.80 Å². The first-order valence-electron chi connectivity index (χ1n) is 10.9. The molecule has 4 aromatic rings. The summed E-state index contributed by atoms with van der Waals surface area (Å²) in [5, 5.41) is 0. The number of fused-ring (bicyclic) bond motifs is 1. The Bertz CT molecular complexity index is 1290. The molecule has 7 heteroatoms. The van der Waals surface area contributed by atoms with Gasteiger partial charge in [0, 0.05) is 18.7 Å². The number of benzene rings is 3. The molecule has 1 aromatic heterocycles. The third-order valence-electron chi connectivity index (χ3n) is 4.88. The summed E-state index contributed by atoms with van der Waals surface area (Å²) < 4.78 is 20.3. The zero-order valence-electron chi connectivity index (χ0n) is 18.7. The number of hydrogen-bond donors (Lipinski definition) is 0. The summed E-state index contributed by atoms with van der Waals surface area (Å²) in [7, 11) is 0. The Hall–Kier alpha value is -3.42. The van der Waals surface area contributed by atoms with Gasteiger partial charge in [-0.3, -0.25) is 4.79 Å². The molecule has 0 spiro atoms. The third kappa shape index (κ3) is 5.50. The highest BCUT2D eigenvalue weighted by atomic mass is 32.1. The van der Waals surface area contributed by atoms with Crippen molar-refractivity contribution in [3.8, 4) is 17.2 Å². The molecule has 170 valence electrons. The number of ether oxygens (including phenoxy) is 3. The summed E-state index contributed by atoms with van der Waals surface area (Å²) in [5.74, 6) is 1.74. The topological polar surface area (TPSA) is 62.1 Å². The standard InChI is InChI=1S/C26H26N2O4S/c1-3-30-17-16-28-24-22(31-4-2)14-9-15-23(24)33-26(28)27-25(29)19-10-8-13-21(18-19)32-20-11-6-5-7-12-20/h5-15,18H,3-4,16-17H2,1-2H3. The van der Waals surface area contributed by atoms with Crippen LogP contribution in [0, 0.1) is 0 Å². The van der Waals surface area contributed by atoms with Crippen LogP contribution in [0.15, 0.2) is 77.8 Å². The summed E-state index contributed by atoms with van der Waals surface area (Å²) in [4.78, 5) is 18.2. The minimum Gasteiger partial charge on any atom is -0.492 e. The van der Waals surface area contributed by atoms with Crippen LogP contribution in [0.25, 0.3) is 10.2 Å². The largest absolute Gasteiger partial charge is 0.492 e. The Morgan fingerprint density at radius 2 is 1.73 bits per heavy atom. The lowest BCUT2D eigenvalue weighted by Gasteiger charge is -2.10. The van der Waals surface area contributed by atoms with E-state index in [1.54, 1.807) is 18.2 Å². The number of aromatic nitrogens is 1. The molecular formula is C26H26N2O4S. The Balaban J connectivity index is 1.70. The second kappa shape index (κ2) is 10.9. The highest BCUT2D eigenvalue weighted by Crippen LogP contribution is 2.28. The van der Waals surface area contributed by atoms with Gasteiger partial charge in [-0.25, -0.2) is 0 Å². The summed E-state index contributed by atoms with van der Waals surface area (Å²) in [6.07, 6.45) is 0. The SMILES string of the molecule is CCOCCn1c(=NC(=O)c2cccc(Oc3ccccc3)c2)sc2cccc(OCC)c21. The summed E-state index contributed by atoms with van der Waals surface area (Å²) in [6.45, 7) is 6.18. The van der Waals surface area contributed by atoms with Gasteiger partial charge in [-0.1, -0.05) is 41.7 Å². The smallest absolute Gasteiger partial charge is 0.279 e. The van der Waals surface area contributed by atoms with Crippen LogP contribution in [-0.2, 0) is 11.3 Å². The van der Waals surface area contributed by atoms with E-state index in [0.717, 1.165) is 16.0 Å². The van der Waals surface area contributed by atoms with Gasteiger partial charge in [-0.2, -0.15) is 4.99 Å². The molecule has 0 bridgehead atoms. The van der Waals surface area contributed by atoms with Gasteiger partial charge in [-0.15, -0.1) is 0 Å². The first kappa shape index (κ1) is 22.8. The number of thiazole rings is 1. The van der Waals surface area contributed by atoms with Gasteiger partial charge in [0.1, 0.15) is 22.8 Å². The fraction of sp³-hybridized carbons (Fsp3) is 0.231. The van der Waals surface area contributed by atoms with Gasteiger partial charge >= 0.3 is 0 Å². The Morgan fingerprint density at radius 1 is 0.939 bits per heavy atom. The average Bonchev–Trinajstić information content (AvgIpc) is 3.18. The summed E-state index contributed by atoms with van der Waals surface area (Å²) in [5.41, 5.74) is 1.39. The summed E-state index contributed by atoms with van der Waals surface area (Å²) >= 11 is 1.46. The van der Waals surface area contributed by atoms with Crippen LogP contribution in [0.1, 0.15) is 24.2 Å². The predicted molar refractivity (Wildman–Crippen MR) is 130 cm³/mol. The Morgan fingerprint density at radius 3 is 2.52 bits per heavy atom. The van der Waals surface area contributed by atoms with E-state index in [4.69, 9.17) is 14.2 Å². The molecule has 0 saturated carbocycles. The number of carbonyl (C=O) groups is 1. The molecule has 1 heterocycles. The van der Waals surface area contributed by atoms with Crippen LogP contribution in [-0.4, -0.2) is 30.3 Å². The number of amides is 1. The van der Waals surface area contributed by atoms with Crippen molar-refractivity contribution >= 4 is 27.5 Å². The minimum absolute atomic E-state index is 0.330. The van der Waals surface area contributed by atoms with Gasteiger partial charge in [0.25, 0.3) is 5.91 Å². The molecule has 4 rings (SSSR count). The van der Waals surface area contributed by atoms with Crippen molar-refractivity contribution in [2.45, 2.75) is 20.4 Å². The van der Waals surface area contributed by atoms with Crippen LogP contribution in [0.2, 0.25) is 0 Å². The molecule has 0 atom stereocenters. The van der Waals surface area contributed by atoms with Gasteiger partial charge < -0.3 is 18.8 Å². The lowest BCUT2D eigenvalue weighted by atomic mass is 10.2. The zero-order chi connectivity index (χ0) is 23.0. The highest BCUT2D eigenvalue weighted by Gasteiger charge is 2.14. The third-order valence-corrected chi connectivity index (χ3v) is 5.93. The van der Waals surface area contributed by atoms with Crippen LogP contribution in [0.4, 0.5) is 0 Å². The predicted octanol–water partition coefficient (Wildman–Crippen LogP) is 5.67. The monoisotopic (exact) mass is 462 g/mol. The van der Waals surface area contributed by atoms with Crippen molar-refractivity contribution in [2.24, 2.45) is 4.99 Å². The minimum atomic E-state index is -0.330. The van der Waals surface area contributed by atoms with Crippen LogP contribution >= 0.6 is 11.3 Å². The Kier molecular flexibility index (Phi) is 7.55. The molecule has 0 saturated heterocycles. The molecule has 0 aliphatic rings. The molecule has 0 fully saturated rings. The van der Waals surface area contributed by atoms with Crippen molar-refractivity contribution in [3.05, 3.63) is 83.2 Å². The molecule has 0 N–H and O–H groups in total. The molecule has 33 heavy (non-hydrogen) atoms. The number of para-hydroxylation sites is 2. The van der Waals surface area contributed by atoms with Gasteiger partial charge in [0.05, 0.1) is 17.9 Å². The first-order chi connectivity index (χ1) is 16.2. The number of carbonyl (C=O) groups excluding carboxylic acids is 1. The second-order valence-electron chi connectivity index (χ2n) is 7.13. The normalized spacial score (nSPS) is 11.6. The van der Waals surface area contributed by atoms with Crippen LogP contribution in [0.3, 0.4) is 0 Å². The first-order valence-corrected chi connectivity index (χ1v) is 11.8. The van der Waals surface area contributed by atoms with E-state index >= 15 is 0 Å². The van der Waals surface area contributed by atoms with E-state index in [9.17, 15) is 4.79 Å². The van der Waals surface area contributed by atoms with Gasteiger partial charge in [0.2, 0.25) is 0 Å². The van der Waals surface area contributed by atoms with Crippen molar-refractivity contribution in [2.75, 3.05) is 19.8 Å². The van der Waals surface area contributed by atoms with E-state index < -0.39 is 0 Å². The van der Waals surface area contributed by atoms with Crippen molar-refractivity contribution in [3.63, 3.8) is 0 Å². The maximum absolute atomic E-state index is 13.1. The van der Waals surface area contributed by atoms with E-state index in [0.29, 0.717) is 48.2 Å². The molecule has 0 radical (unpaired) electrons. The fourth-order valence-corrected chi connectivity index (χ4v) is 4.50. The van der Waals surface area contributed by atoms with E-state index in [1.165, 1.54) is 11.3 Å². The molecule has 1 amide bonds. The Labute approximate surface area is 196 Å². The highest BCUT2D eigenvalue weighted by molar-refractivity contribution is 7.16. The lowest BCUT2D eigenvalue weighted by Crippen LogP contribution is -2.20. The van der Waals surface area contributed by atoms with Crippen LogP contribution in [0.5, 0.6) is 17.2 Å². The molecule has 6 nitrogen and oxygen atoms in total. The number of hydrogen-bond acceptors (Lipinski definition) is 5. The second-order valence-corrected chi connectivity index (χ2v) is 8.14. The van der Waals surface area contributed by atoms with Crippen molar-refractivity contribution in [1.82, 2.24) is 4.57 Å². The van der Waals surface area contributed by atoms with E-state index in [1.807, 2.05) is 73.0 Å². The summed E-state index contributed by atoms with van der Waals surface area (Å²) in [6, 6.07) is 22.4. The number of nitrogens with zero attached hydrogens (tertiary/aromatic N) is 2. The molecule has 0 unspecified atom stereocenters. The average molecular weight is 463 g/mol. The fourth-order valence-electron chi connectivity index (χ4n) is 3.43. The van der Waals surface area contributed by atoms with Crippen LogP contribution < -0.4 is 14.3 Å².